The second kappa shape index (κ2) is 9.27. The van der Waals surface area contributed by atoms with Gasteiger partial charge in [-0.3, -0.25) is 14.5 Å². The van der Waals surface area contributed by atoms with Crippen LogP contribution in [0.4, 0.5) is 0 Å². The monoisotopic (exact) mass is 465 g/mol. The Bertz CT molecular complexity index is 890. The maximum atomic E-state index is 13.9. The number of carbonyl (C=O) groups excluding carboxylic acids is 2. The Morgan fingerprint density at radius 2 is 1.59 bits per heavy atom. The molecule has 2 saturated heterocycles. The molecule has 1 aromatic carbocycles. The maximum absolute atomic E-state index is 13.9. The van der Waals surface area contributed by atoms with Gasteiger partial charge in [-0.1, -0.05) is 24.3 Å². The van der Waals surface area contributed by atoms with Crippen molar-refractivity contribution >= 4 is 11.8 Å². The van der Waals surface area contributed by atoms with Crippen molar-refractivity contribution in [3.05, 3.63) is 35.4 Å². The second-order valence-electron chi connectivity index (χ2n) is 11.7. The number of benzene rings is 1. The molecule has 6 aliphatic rings. The number of likely N-dealkylation sites (tertiary alicyclic amines) is 1. The Kier molecular flexibility index (Phi) is 6.14. The fraction of sp³-hybridized carbons (Fsp3) is 0.714. The summed E-state index contributed by atoms with van der Waals surface area (Å²) in [6.07, 6.45) is 8.93. The number of nitrogens with one attached hydrogen (secondary N) is 1. The quantitative estimate of drug-likeness (QED) is 0.700. The van der Waals surface area contributed by atoms with E-state index in [0.29, 0.717) is 12.5 Å². The molecule has 0 spiro atoms. The standard InChI is InChI=1S/C28H39N3O3/c32-26(29-18-23-4-1-2-5-24(23)19-30-8-10-34-11-9-30)25-6-3-7-31(25)27(33)28-15-20-12-21(16-28)14-22(13-20)17-28/h1-2,4-5,20-22,25H,3,6-19H2,(H,29,32). The van der Waals surface area contributed by atoms with Gasteiger partial charge >= 0.3 is 0 Å². The molecule has 4 saturated carbocycles. The molecular weight excluding hydrogens is 426 g/mol. The van der Waals surface area contributed by atoms with Gasteiger partial charge in [-0.05, 0) is 80.2 Å². The number of rotatable bonds is 6. The lowest BCUT2D eigenvalue weighted by atomic mass is 9.49. The van der Waals surface area contributed by atoms with E-state index >= 15 is 0 Å². The number of carbonyl (C=O) groups is 2. The van der Waals surface area contributed by atoms with Gasteiger partial charge in [0.05, 0.1) is 18.6 Å². The molecular formula is C28H39N3O3. The highest BCUT2D eigenvalue weighted by molar-refractivity contribution is 5.91. The Labute approximate surface area is 203 Å². The smallest absolute Gasteiger partial charge is 0.243 e. The molecule has 1 unspecified atom stereocenters. The molecule has 7 rings (SSSR count). The normalized spacial score (nSPS) is 35.0. The number of ether oxygens (including phenoxy) is 1. The largest absolute Gasteiger partial charge is 0.379 e. The van der Waals surface area contributed by atoms with E-state index in [-0.39, 0.29) is 17.4 Å². The van der Waals surface area contributed by atoms with Crippen LogP contribution in [0.25, 0.3) is 0 Å². The van der Waals surface area contributed by atoms with Gasteiger partial charge in [-0.15, -0.1) is 0 Å². The van der Waals surface area contributed by atoms with Gasteiger partial charge in [0.1, 0.15) is 6.04 Å². The molecule has 6 nitrogen and oxygen atoms in total. The highest BCUT2D eigenvalue weighted by atomic mass is 16.5. The molecule has 0 aromatic heterocycles. The highest BCUT2D eigenvalue weighted by Gasteiger charge is 2.56. The van der Waals surface area contributed by atoms with Crippen molar-refractivity contribution in [1.29, 1.82) is 0 Å². The number of morpholine rings is 1. The molecule has 6 heteroatoms. The lowest BCUT2D eigenvalue weighted by Gasteiger charge is -2.56. The lowest BCUT2D eigenvalue weighted by molar-refractivity contribution is -0.160. The van der Waals surface area contributed by atoms with E-state index in [2.05, 4.69) is 28.4 Å². The van der Waals surface area contributed by atoms with Crippen molar-refractivity contribution < 1.29 is 14.3 Å². The van der Waals surface area contributed by atoms with Crippen molar-refractivity contribution in [2.75, 3.05) is 32.8 Å². The molecule has 6 fully saturated rings. The molecule has 2 amide bonds. The molecule has 4 bridgehead atoms. The van der Waals surface area contributed by atoms with Crippen molar-refractivity contribution in [3.63, 3.8) is 0 Å². The fourth-order valence-corrected chi connectivity index (χ4v) is 8.14. The number of amides is 2. The summed E-state index contributed by atoms with van der Waals surface area (Å²) in [5, 5.41) is 3.20. The van der Waals surface area contributed by atoms with Gasteiger partial charge in [0.2, 0.25) is 11.8 Å². The summed E-state index contributed by atoms with van der Waals surface area (Å²) < 4.78 is 5.48. The highest BCUT2D eigenvalue weighted by Crippen LogP contribution is 2.60. The number of nitrogens with zero attached hydrogens (tertiary/aromatic N) is 2. The summed E-state index contributed by atoms with van der Waals surface area (Å²) in [6.45, 7) is 5.62. The van der Waals surface area contributed by atoms with Crippen molar-refractivity contribution in [2.45, 2.75) is 70.5 Å². The summed E-state index contributed by atoms with van der Waals surface area (Å²) in [5.74, 6) is 2.56. The van der Waals surface area contributed by atoms with Crippen LogP contribution in [0.2, 0.25) is 0 Å². The van der Waals surface area contributed by atoms with Gasteiger partial charge in [0, 0.05) is 32.7 Å². The summed E-state index contributed by atoms with van der Waals surface area (Å²) in [4.78, 5) is 31.6. The van der Waals surface area contributed by atoms with Crippen LogP contribution < -0.4 is 5.32 Å². The van der Waals surface area contributed by atoms with Crippen LogP contribution in [0.15, 0.2) is 24.3 Å². The van der Waals surface area contributed by atoms with E-state index < -0.39 is 0 Å². The molecule has 2 heterocycles. The zero-order valence-electron chi connectivity index (χ0n) is 20.3. The summed E-state index contributed by atoms with van der Waals surface area (Å²) in [6, 6.07) is 8.09. The average molecular weight is 466 g/mol. The number of hydrogen-bond acceptors (Lipinski definition) is 4. The predicted octanol–water partition coefficient (Wildman–Crippen LogP) is 3.34. The topological polar surface area (TPSA) is 61.9 Å². The minimum atomic E-state index is -0.299. The van der Waals surface area contributed by atoms with E-state index in [1.807, 2.05) is 11.0 Å². The lowest BCUT2D eigenvalue weighted by Crippen LogP contribution is -2.57. The summed E-state index contributed by atoms with van der Waals surface area (Å²) in [7, 11) is 0. The summed E-state index contributed by atoms with van der Waals surface area (Å²) in [5.41, 5.74) is 2.26. The van der Waals surface area contributed by atoms with E-state index in [1.165, 1.54) is 30.4 Å². The molecule has 1 N–H and O–H groups in total. The average Bonchev–Trinajstić information content (AvgIpc) is 3.33. The van der Waals surface area contributed by atoms with Crippen LogP contribution in [0, 0.1) is 23.2 Å². The molecule has 0 radical (unpaired) electrons. The van der Waals surface area contributed by atoms with Crippen LogP contribution in [0.1, 0.15) is 62.5 Å². The second-order valence-corrected chi connectivity index (χ2v) is 11.7. The van der Waals surface area contributed by atoms with Crippen LogP contribution in [0.3, 0.4) is 0 Å². The Morgan fingerprint density at radius 1 is 0.941 bits per heavy atom. The third-order valence-electron chi connectivity index (χ3n) is 9.38. The van der Waals surface area contributed by atoms with Crippen molar-refractivity contribution in [1.82, 2.24) is 15.1 Å². The summed E-state index contributed by atoms with van der Waals surface area (Å²) >= 11 is 0. The SMILES string of the molecule is O=C(NCc1ccccc1CN1CCOCC1)C1CCCN1C(=O)C12CC3CC(CC(C3)C1)C2. The molecule has 1 aromatic rings. The van der Waals surface area contributed by atoms with Crippen molar-refractivity contribution in [2.24, 2.45) is 23.2 Å². The third kappa shape index (κ3) is 4.28. The maximum Gasteiger partial charge on any atom is 0.243 e. The zero-order chi connectivity index (χ0) is 23.1. The zero-order valence-corrected chi connectivity index (χ0v) is 20.3. The Morgan fingerprint density at radius 3 is 2.26 bits per heavy atom. The van der Waals surface area contributed by atoms with Crippen LogP contribution in [-0.2, 0) is 27.4 Å². The first-order chi connectivity index (χ1) is 16.6. The van der Waals surface area contributed by atoms with E-state index in [9.17, 15) is 9.59 Å². The Balaban J connectivity index is 1.10. The van der Waals surface area contributed by atoms with Gasteiger partial charge in [0.25, 0.3) is 0 Å². The number of hydrogen-bond donors (Lipinski definition) is 1. The first kappa shape index (κ1) is 22.5. The predicted molar refractivity (Wildman–Crippen MR) is 130 cm³/mol. The van der Waals surface area contributed by atoms with Crippen LogP contribution in [-0.4, -0.2) is 60.5 Å². The van der Waals surface area contributed by atoms with Crippen LogP contribution >= 0.6 is 0 Å². The first-order valence-electron chi connectivity index (χ1n) is 13.6. The van der Waals surface area contributed by atoms with Gasteiger partial charge in [-0.25, -0.2) is 0 Å². The molecule has 34 heavy (non-hydrogen) atoms. The van der Waals surface area contributed by atoms with E-state index in [1.54, 1.807) is 0 Å². The third-order valence-corrected chi connectivity index (χ3v) is 9.38. The van der Waals surface area contributed by atoms with Gasteiger partial charge < -0.3 is 15.0 Å². The molecule has 184 valence electrons. The minimum absolute atomic E-state index is 0.0248. The van der Waals surface area contributed by atoms with E-state index in [4.69, 9.17) is 4.74 Å². The Hall–Kier alpha value is -1.92. The minimum Gasteiger partial charge on any atom is -0.379 e. The van der Waals surface area contributed by atoms with E-state index in [0.717, 1.165) is 89.3 Å². The molecule has 2 aliphatic heterocycles. The fourth-order valence-electron chi connectivity index (χ4n) is 8.14. The molecule has 1 atom stereocenters. The first-order valence-corrected chi connectivity index (χ1v) is 13.6. The molecule has 4 aliphatic carbocycles. The van der Waals surface area contributed by atoms with Crippen LogP contribution in [0.5, 0.6) is 0 Å². The van der Waals surface area contributed by atoms with Crippen molar-refractivity contribution in [3.8, 4) is 0 Å². The van der Waals surface area contributed by atoms with Gasteiger partial charge in [0.15, 0.2) is 0 Å². The van der Waals surface area contributed by atoms with Gasteiger partial charge in [-0.2, -0.15) is 0 Å².